The Labute approximate surface area is 132 Å². The van der Waals surface area contributed by atoms with Crippen LogP contribution in [0.1, 0.15) is 6.92 Å². The van der Waals surface area contributed by atoms with Gasteiger partial charge in [-0.05, 0) is 6.92 Å². The number of hydrogen-bond acceptors (Lipinski definition) is 4. The average molecular weight is 376 g/mol. The second-order valence-electron chi connectivity index (χ2n) is 4.99. The van der Waals surface area contributed by atoms with Gasteiger partial charge in [0.15, 0.2) is 6.29 Å². The lowest BCUT2D eigenvalue weighted by molar-refractivity contribution is -0.347. The normalized spacial score (nSPS) is 24.8. The number of alkyl halides is 8. The van der Waals surface area contributed by atoms with Crippen LogP contribution < -0.4 is 0 Å². The number of halogens is 8. The van der Waals surface area contributed by atoms with Gasteiger partial charge in [0.1, 0.15) is 12.7 Å². The highest BCUT2D eigenvalue weighted by Crippen LogP contribution is 2.48. The molecule has 1 aliphatic heterocycles. The van der Waals surface area contributed by atoms with Crippen LogP contribution in [0.15, 0.2) is 0 Å². The lowest BCUT2D eigenvalue weighted by atomic mass is 10.1. The summed E-state index contributed by atoms with van der Waals surface area (Å²) in [5.74, 6) is -18.0. The van der Waals surface area contributed by atoms with Gasteiger partial charge in [-0.25, -0.2) is 8.78 Å². The molecule has 12 heteroatoms. The highest BCUT2D eigenvalue weighted by Gasteiger charge is 2.75. The number of ether oxygens (including phenoxy) is 4. The molecule has 0 N–H and O–H groups in total. The SMILES string of the molecule is CC1OCCOCC(COCC(F)(F)C(F)(F)C(F)(F)C(F)F)O1. The maximum absolute atomic E-state index is 13.2. The molecule has 24 heavy (non-hydrogen) atoms. The fourth-order valence-electron chi connectivity index (χ4n) is 1.71. The summed E-state index contributed by atoms with van der Waals surface area (Å²) >= 11 is 0. The van der Waals surface area contributed by atoms with Gasteiger partial charge in [-0.1, -0.05) is 0 Å². The Kier molecular flexibility index (Phi) is 7.20. The van der Waals surface area contributed by atoms with E-state index in [0.29, 0.717) is 0 Å². The largest absolute Gasteiger partial charge is 0.380 e. The van der Waals surface area contributed by atoms with Gasteiger partial charge in [0.2, 0.25) is 0 Å². The van der Waals surface area contributed by atoms with Crippen LogP contribution in [-0.2, 0) is 18.9 Å². The molecule has 0 aromatic carbocycles. The second kappa shape index (κ2) is 8.11. The molecule has 4 nitrogen and oxygen atoms in total. The van der Waals surface area contributed by atoms with E-state index in [1.54, 1.807) is 0 Å². The third-order valence-corrected chi connectivity index (χ3v) is 3.01. The average Bonchev–Trinajstić information content (AvgIpc) is 2.43. The molecule has 1 aliphatic rings. The van der Waals surface area contributed by atoms with Crippen molar-refractivity contribution < 1.29 is 54.1 Å². The molecule has 2 atom stereocenters. The van der Waals surface area contributed by atoms with Crippen LogP contribution in [-0.4, -0.2) is 69.6 Å². The summed E-state index contributed by atoms with van der Waals surface area (Å²) < 4.78 is 121. The Bertz CT molecular complexity index is 393. The van der Waals surface area contributed by atoms with Crippen molar-refractivity contribution in [2.75, 3.05) is 33.0 Å². The molecular formula is C12H16F8O4. The van der Waals surface area contributed by atoms with Gasteiger partial charge in [0.25, 0.3) is 0 Å². The van der Waals surface area contributed by atoms with E-state index in [0.717, 1.165) is 0 Å². The fourth-order valence-corrected chi connectivity index (χ4v) is 1.71. The Morgan fingerprint density at radius 2 is 1.71 bits per heavy atom. The summed E-state index contributed by atoms with van der Waals surface area (Å²) in [4.78, 5) is 0. The van der Waals surface area contributed by atoms with Crippen molar-refractivity contribution in [3.05, 3.63) is 0 Å². The Morgan fingerprint density at radius 3 is 2.29 bits per heavy atom. The maximum atomic E-state index is 13.2. The van der Waals surface area contributed by atoms with E-state index >= 15 is 0 Å². The van der Waals surface area contributed by atoms with Crippen LogP contribution in [0.3, 0.4) is 0 Å². The lowest BCUT2D eigenvalue weighted by Crippen LogP contribution is -2.59. The van der Waals surface area contributed by atoms with Crippen molar-refractivity contribution in [3.8, 4) is 0 Å². The van der Waals surface area contributed by atoms with Gasteiger partial charge in [0.05, 0.1) is 26.4 Å². The van der Waals surface area contributed by atoms with Crippen molar-refractivity contribution in [3.63, 3.8) is 0 Å². The fraction of sp³-hybridized carbons (Fsp3) is 1.00. The van der Waals surface area contributed by atoms with Crippen molar-refractivity contribution in [1.29, 1.82) is 0 Å². The zero-order valence-electron chi connectivity index (χ0n) is 12.4. The van der Waals surface area contributed by atoms with E-state index in [1.807, 2.05) is 0 Å². The molecule has 0 amide bonds. The van der Waals surface area contributed by atoms with Crippen LogP contribution in [0.5, 0.6) is 0 Å². The van der Waals surface area contributed by atoms with E-state index in [4.69, 9.17) is 14.2 Å². The molecule has 1 rings (SSSR count). The predicted molar refractivity (Wildman–Crippen MR) is 62.8 cm³/mol. The van der Waals surface area contributed by atoms with E-state index in [9.17, 15) is 35.1 Å². The first-order valence-corrected chi connectivity index (χ1v) is 6.76. The van der Waals surface area contributed by atoms with E-state index < -0.39 is 49.8 Å². The zero-order valence-corrected chi connectivity index (χ0v) is 12.4. The Hall–Kier alpha value is -0.720. The summed E-state index contributed by atoms with van der Waals surface area (Å²) in [5.41, 5.74) is 0. The highest BCUT2D eigenvalue weighted by atomic mass is 19.4. The van der Waals surface area contributed by atoms with Gasteiger partial charge in [0, 0.05) is 0 Å². The standard InChI is InChI=1S/C12H16F8O4/c1-7-23-3-2-21-4-8(24-7)5-22-6-10(15,16)12(19,20)11(17,18)9(13)14/h7-9H,2-6H2,1H3. The van der Waals surface area contributed by atoms with Gasteiger partial charge in [-0.15, -0.1) is 0 Å². The molecule has 0 bridgehead atoms. The van der Waals surface area contributed by atoms with Crippen molar-refractivity contribution >= 4 is 0 Å². The summed E-state index contributed by atoms with van der Waals surface area (Å²) in [5, 5.41) is 0. The zero-order chi connectivity index (χ0) is 18.6. The second-order valence-corrected chi connectivity index (χ2v) is 4.99. The smallest absolute Gasteiger partial charge is 0.376 e. The summed E-state index contributed by atoms with van der Waals surface area (Å²) in [6.45, 7) is -1.19. The Morgan fingerprint density at radius 1 is 1.08 bits per heavy atom. The molecule has 144 valence electrons. The minimum atomic E-state index is -6.29. The molecule has 0 aromatic heterocycles. The molecule has 0 aromatic rings. The summed E-state index contributed by atoms with van der Waals surface area (Å²) in [6, 6.07) is 0. The van der Waals surface area contributed by atoms with E-state index in [2.05, 4.69) is 4.74 Å². The van der Waals surface area contributed by atoms with Gasteiger partial charge >= 0.3 is 24.2 Å². The van der Waals surface area contributed by atoms with Crippen LogP contribution >= 0.6 is 0 Å². The van der Waals surface area contributed by atoms with Gasteiger partial charge in [-0.2, -0.15) is 26.3 Å². The van der Waals surface area contributed by atoms with Crippen LogP contribution in [0.4, 0.5) is 35.1 Å². The summed E-state index contributed by atoms with van der Waals surface area (Å²) in [6.07, 6.45) is -6.70. The molecule has 0 radical (unpaired) electrons. The predicted octanol–water partition coefficient (Wildman–Crippen LogP) is 2.95. The minimum Gasteiger partial charge on any atom is -0.376 e. The molecule has 0 spiro atoms. The first-order chi connectivity index (χ1) is 10.9. The maximum Gasteiger partial charge on any atom is 0.380 e. The minimum absolute atomic E-state index is 0.136. The lowest BCUT2D eigenvalue weighted by Gasteiger charge is -2.32. The molecule has 0 saturated carbocycles. The third-order valence-electron chi connectivity index (χ3n) is 3.01. The molecule has 0 aliphatic carbocycles. The highest BCUT2D eigenvalue weighted by molar-refractivity contribution is 4.97. The van der Waals surface area contributed by atoms with Crippen LogP contribution in [0, 0.1) is 0 Å². The molecule has 1 heterocycles. The monoisotopic (exact) mass is 376 g/mol. The topological polar surface area (TPSA) is 36.9 Å². The first-order valence-electron chi connectivity index (χ1n) is 6.76. The van der Waals surface area contributed by atoms with E-state index in [1.165, 1.54) is 6.92 Å². The molecule has 2 unspecified atom stereocenters. The number of rotatable bonds is 7. The third kappa shape index (κ3) is 4.90. The quantitative estimate of drug-likeness (QED) is 0.641. The number of hydrogen-bond donors (Lipinski definition) is 0. The van der Waals surface area contributed by atoms with Crippen molar-refractivity contribution in [2.45, 2.75) is 43.5 Å². The van der Waals surface area contributed by atoms with Crippen LogP contribution in [0.2, 0.25) is 0 Å². The molecular weight excluding hydrogens is 360 g/mol. The molecule has 1 saturated heterocycles. The summed E-state index contributed by atoms with van der Waals surface area (Å²) in [7, 11) is 0. The van der Waals surface area contributed by atoms with Crippen molar-refractivity contribution in [1.82, 2.24) is 0 Å². The van der Waals surface area contributed by atoms with Gasteiger partial charge < -0.3 is 18.9 Å². The molecule has 1 fully saturated rings. The van der Waals surface area contributed by atoms with Crippen LogP contribution in [0.25, 0.3) is 0 Å². The van der Waals surface area contributed by atoms with Crippen molar-refractivity contribution in [2.24, 2.45) is 0 Å². The van der Waals surface area contributed by atoms with Gasteiger partial charge in [-0.3, -0.25) is 0 Å². The first kappa shape index (κ1) is 21.3. The Balaban J connectivity index is 2.60. The van der Waals surface area contributed by atoms with E-state index in [-0.39, 0.29) is 19.8 Å².